The fourth-order valence-corrected chi connectivity index (χ4v) is 4.04. The molecule has 138 valence electrons. The molecule has 3 rings (SSSR count). The summed E-state index contributed by atoms with van der Waals surface area (Å²) >= 11 is 6.06. The zero-order valence-electron chi connectivity index (χ0n) is 15.3. The maximum Gasteiger partial charge on any atom is 0.331 e. The van der Waals surface area contributed by atoms with Crippen LogP contribution in [0.5, 0.6) is 0 Å². The van der Waals surface area contributed by atoms with Crippen LogP contribution < -0.4 is 0 Å². The molecule has 4 nitrogen and oxygen atoms in total. The Hall–Kier alpha value is -1.10. The Morgan fingerprint density at radius 3 is 2.28 bits per heavy atom. The van der Waals surface area contributed by atoms with E-state index in [4.69, 9.17) is 16.3 Å². The quantitative estimate of drug-likeness (QED) is 0.763. The maximum atomic E-state index is 13.3. The number of carbonyl (C=O) groups is 1. The number of hydrogen-bond acceptors (Lipinski definition) is 4. The summed E-state index contributed by atoms with van der Waals surface area (Å²) < 4.78 is 6.00. The first kappa shape index (κ1) is 18.7. The molecule has 0 bridgehead atoms. The molecule has 2 aliphatic heterocycles. The fraction of sp³-hybridized carbons (Fsp3) is 0.650. The number of halogens is 1. The second-order valence-electron chi connectivity index (χ2n) is 7.53. The normalized spacial score (nSPS) is 23.2. The van der Waals surface area contributed by atoms with E-state index in [2.05, 4.69) is 16.8 Å². The summed E-state index contributed by atoms with van der Waals surface area (Å²) in [7, 11) is 2.11. The minimum atomic E-state index is -0.742. The van der Waals surface area contributed by atoms with Crippen molar-refractivity contribution in [2.24, 2.45) is 0 Å². The smallest absolute Gasteiger partial charge is 0.331 e. The Morgan fingerprint density at radius 2 is 1.68 bits per heavy atom. The van der Waals surface area contributed by atoms with Crippen molar-refractivity contribution in [1.82, 2.24) is 9.80 Å². The molecule has 1 atom stereocenters. The third-order valence-corrected chi connectivity index (χ3v) is 5.98. The highest BCUT2D eigenvalue weighted by molar-refractivity contribution is 6.30. The van der Waals surface area contributed by atoms with Crippen LogP contribution in [0.2, 0.25) is 5.02 Å². The standard InChI is InChI=1S/C20H29ClN2O2/c1-20(23-12-4-3-5-13-23,16-6-8-17(21)9-7-16)19(24)25-18-10-14-22(2)15-11-18/h6-9,18H,3-5,10-15H2,1-2H3. The predicted molar refractivity (Wildman–Crippen MR) is 101 cm³/mol. The van der Waals surface area contributed by atoms with E-state index in [0.29, 0.717) is 5.02 Å². The monoisotopic (exact) mass is 364 g/mol. The van der Waals surface area contributed by atoms with Gasteiger partial charge in [0.2, 0.25) is 0 Å². The van der Waals surface area contributed by atoms with Gasteiger partial charge in [0.25, 0.3) is 0 Å². The molecule has 2 heterocycles. The van der Waals surface area contributed by atoms with Crippen LogP contribution in [-0.2, 0) is 15.1 Å². The van der Waals surface area contributed by atoms with Gasteiger partial charge in [0, 0.05) is 18.1 Å². The number of benzene rings is 1. The first-order valence-corrected chi connectivity index (χ1v) is 9.78. The lowest BCUT2D eigenvalue weighted by atomic mass is 9.88. The molecule has 2 aliphatic rings. The molecular weight excluding hydrogens is 336 g/mol. The second-order valence-corrected chi connectivity index (χ2v) is 7.97. The Morgan fingerprint density at radius 1 is 1.08 bits per heavy atom. The van der Waals surface area contributed by atoms with E-state index in [1.165, 1.54) is 6.42 Å². The van der Waals surface area contributed by atoms with Crippen LogP contribution in [-0.4, -0.2) is 55.1 Å². The van der Waals surface area contributed by atoms with Crippen molar-refractivity contribution in [1.29, 1.82) is 0 Å². The maximum absolute atomic E-state index is 13.3. The lowest BCUT2D eigenvalue weighted by Crippen LogP contribution is -2.53. The summed E-state index contributed by atoms with van der Waals surface area (Å²) in [5.41, 5.74) is 0.227. The van der Waals surface area contributed by atoms with Crippen LogP contribution in [0.3, 0.4) is 0 Å². The molecule has 1 unspecified atom stereocenters. The average Bonchev–Trinajstić information content (AvgIpc) is 2.64. The topological polar surface area (TPSA) is 32.8 Å². The Balaban J connectivity index is 1.82. The predicted octanol–water partition coefficient (Wildman–Crippen LogP) is 3.68. The van der Waals surface area contributed by atoms with Gasteiger partial charge < -0.3 is 9.64 Å². The van der Waals surface area contributed by atoms with Crippen molar-refractivity contribution in [3.8, 4) is 0 Å². The highest BCUT2D eigenvalue weighted by Crippen LogP contribution is 2.34. The molecule has 1 aromatic carbocycles. The van der Waals surface area contributed by atoms with E-state index < -0.39 is 5.54 Å². The highest BCUT2D eigenvalue weighted by atomic mass is 35.5. The molecular formula is C20H29ClN2O2. The van der Waals surface area contributed by atoms with Crippen molar-refractivity contribution in [3.05, 3.63) is 34.9 Å². The van der Waals surface area contributed by atoms with Crippen molar-refractivity contribution in [2.45, 2.75) is 50.7 Å². The van der Waals surface area contributed by atoms with Crippen LogP contribution in [0, 0.1) is 0 Å². The van der Waals surface area contributed by atoms with Crippen LogP contribution in [0.4, 0.5) is 0 Å². The number of ether oxygens (including phenoxy) is 1. The molecule has 0 aliphatic carbocycles. The summed E-state index contributed by atoms with van der Waals surface area (Å²) in [5.74, 6) is -0.119. The highest BCUT2D eigenvalue weighted by Gasteiger charge is 2.44. The van der Waals surface area contributed by atoms with Gasteiger partial charge in [-0.3, -0.25) is 4.90 Å². The van der Waals surface area contributed by atoms with Crippen molar-refractivity contribution < 1.29 is 9.53 Å². The fourth-order valence-electron chi connectivity index (χ4n) is 3.91. The second kappa shape index (κ2) is 8.07. The van der Waals surface area contributed by atoms with E-state index in [0.717, 1.165) is 57.4 Å². The summed E-state index contributed by atoms with van der Waals surface area (Å²) in [6.45, 7) is 5.85. The average molecular weight is 365 g/mol. The van der Waals surface area contributed by atoms with Crippen LogP contribution >= 0.6 is 11.6 Å². The third kappa shape index (κ3) is 4.18. The molecule has 0 aromatic heterocycles. The zero-order chi connectivity index (χ0) is 17.9. The van der Waals surface area contributed by atoms with Crippen molar-refractivity contribution >= 4 is 17.6 Å². The van der Waals surface area contributed by atoms with Crippen LogP contribution in [0.15, 0.2) is 24.3 Å². The first-order chi connectivity index (χ1) is 12.0. The lowest BCUT2D eigenvalue weighted by molar-refractivity contribution is -0.167. The van der Waals surface area contributed by atoms with E-state index >= 15 is 0 Å². The van der Waals surface area contributed by atoms with Gasteiger partial charge in [-0.15, -0.1) is 0 Å². The number of esters is 1. The molecule has 0 N–H and O–H groups in total. The number of hydrogen-bond donors (Lipinski definition) is 0. The summed E-state index contributed by atoms with van der Waals surface area (Å²) in [6, 6.07) is 7.66. The summed E-state index contributed by atoms with van der Waals surface area (Å²) in [6.07, 6.45) is 5.35. The van der Waals surface area contributed by atoms with Gasteiger partial charge in [-0.2, -0.15) is 0 Å². The van der Waals surface area contributed by atoms with E-state index in [-0.39, 0.29) is 12.1 Å². The Labute approximate surface area is 156 Å². The largest absolute Gasteiger partial charge is 0.461 e. The molecule has 5 heteroatoms. The van der Waals surface area contributed by atoms with Crippen molar-refractivity contribution in [2.75, 3.05) is 33.2 Å². The minimum Gasteiger partial charge on any atom is -0.461 e. The summed E-state index contributed by atoms with van der Waals surface area (Å²) in [5, 5.41) is 0.688. The van der Waals surface area contributed by atoms with Gasteiger partial charge in [-0.1, -0.05) is 30.2 Å². The summed E-state index contributed by atoms with van der Waals surface area (Å²) in [4.78, 5) is 17.9. The zero-order valence-corrected chi connectivity index (χ0v) is 16.1. The third-order valence-electron chi connectivity index (χ3n) is 5.73. The first-order valence-electron chi connectivity index (χ1n) is 9.41. The number of piperidine rings is 2. The van der Waals surface area contributed by atoms with Gasteiger partial charge in [0.1, 0.15) is 11.6 Å². The number of likely N-dealkylation sites (tertiary alicyclic amines) is 2. The molecule has 0 radical (unpaired) electrons. The van der Waals surface area contributed by atoms with Gasteiger partial charge in [-0.25, -0.2) is 4.79 Å². The van der Waals surface area contributed by atoms with Gasteiger partial charge in [-0.05, 0) is 70.4 Å². The van der Waals surface area contributed by atoms with Crippen molar-refractivity contribution in [3.63, 3.8) is 0 Å². The molecule has 0 amide bonds. The SMILES string of the molecule is CN1CCC(OC(=O)C(C)(c2ccc(Cl)cc2)N2CCCCC2)CC1. The van der Waals surface area contributed by atoms with Gasteiger partial charge in [0.05, 0.1) is 0 Å². The number of rotatable bonds is 4. The molecule has 1 aromatic rings. The molecule has 0 spiro atoms. The molecule has 2 fully saturated rings. The van der Waals surface area contributed by atoms with E-state index in [9.17, 15) is 4.79 Å². The van der Waals surface area contributed by atoms with Crippen LogP contribution in [0.25, 0.3) is 0 Å². The van der Waals surface area contributed by atoms with E-state index in [1.807, 2.05) is 31.2 Å². The number of nitrogens with zero attached hydrogens (tertiary/aromatic N) is 2. The van der Waals surface area contributed by atoms with E-state index in [1.54, 1.807) is 0 Å². The molecule has 0 saturated carbocycles. The van der Waals surface area contributed by atoms with Crippen LogP contribution in [0.1, 0.15) is 44.6 Å². The Kier molecular flexibility index (Phi) is 6.03. The van der Waals surface area contributed by atoms with Gasteiger partial charge in [0.15, 0.2) is 0 Å². The minimum absolute atomic E-state index is 0.0279. The molecule has 2 saturated heterocycles. The lowest BCUT2D eigenvalue weighted by Gasteiger charge is -2.42. The van der Waals surface area contributed by atoms with Gasteiger partial charge >= 0.3 is 5.97 Å². The number of carbonyl (C=O) groups excluding carboxylic acids is 1. The molecule has 25 heavy (non-hydrogen) atoms. The Bertz CT molecular complexity index is 578.